The zero-order valence-corrected chi connectivity index (χ0v) is 18.1. The van der Waals surface area contributed by atoms with E-state index in [9.17, 15) is 5.11 Å². The number of anilines is 2. The Balaban J connectivity index is 1.35. The number of β-amino-alcohol motifs (C(OH)–C–C–N with tert-alkyl or cyclic N) is 1. The second kappa shape index (κ2) is 9.69. The summed E-state index contributed by atoms with van der Waals surface area (Å²) in [6.45, 7) is 6.30. The van der Waals surface area contributed by atoms with Gasteiger partial charge in [0.2, 0.25) is 0 Å². The van der Waals surface area contributed by atoms with E-state index in [4.69, 9.17) is 16.7 Å². The fourth-order valence-electron chi connectivity index (χ4n) is 4.05. The number of nitrogens with zero attached hydrogens (tertiary/aromatic N) is 3. The first-order valence-corrected chi connectivity index (χ1v) is 11.4. The highest BCUT2D eigenvalue weighted by molar-refractivity contribution is 7.99. The SMILES string of the molecule is OCC(O)CN1CCN(CCCN2c3ccccc3Sc3ccc(Cl)cc32)CC1. The average Bonchev–Trinajstić information content (AvgIpc) is 2.74. The first-order valence-electron chi connectivity index (χ1n) is 10.2. The maximum absolute atomic E-state index is 9.62. The normalized spacial score (nSPS) is 18.4. The van der Waals surface area contributed by atoms with Gasteiger partial charge in [0.25, 0.3) is 0 Å². The Morgan fingerprint density at radius 2 is 1.66 bits per heavy atom. The van der Waals surface area contributed by atoms with Gasteiger partial charge in [-0.2, -0.15) is 0 Å². The van der Waals surface area contributed by atoms with Crippen LogP contribution in [0, 0.1) is 0 Å². The van der Waals surface area contributed by atoms with Crippen LogP contribution in [0.1, 0.15) is 6.42 Å². The van der Waals surface area contributed by atoms with E-state index in [1.165, 1.54) is 21.2 Å². The Labute approximate surface area is 181 Å². The van der Waals surface area contributed by atoms with Crippen LogP contribution in [0.25, 0.3) is 0 Å². The third-order valence-electron chi connectivity index (χ3n) is 5.59. The fourth-order valence-corrected chi connectivity index (χ4v) is 5.29. The molecule has 0 aliphatic carbocycles. The van der Waals surface area contributed by atoms with Gasteiger partial charge in [-0.3, -0.25) is 4.90 Å². The molecule has 2 aliphatic rings. The highest BCUT2D eigenvalue weighted by atomic mass is 35.5. The van der Waals surface area contributed by atoms with Crippen molar-refractivity contribution in [3.8, 4) is 0 Å². The largest absolute Gasteiger partial charge is 0.394 e. The van der Waals surface area contributed by atoms with Crippen LogP contribution < -0.4 is 4.90 Å². The molecule has 1 fully saturated rings. The lowest BCUT2D eigenvalue weighted by molar-refractivity contribution is 0.0395. The summed E-state index contributed by atoms with van der Waals surface area (Å²) in [6.07, 6.45) is 0.440. The molecule has 0 aromatic heterocycles. The zero-order valence-electron chi connectivity index (χ0n) is 16.5. The molecule has 5 nitrogen and oxygen atoms in total. The van der Waals surface area contributed by atoms with E-state index in [1.54, 1.807) is 0 Å². The lowest BCUT2D eigenvalue weighted by Gasteiger charge is -2.36. The van der Waals surface area contributed by atoms with Crippen LogP contribution in [0.5, 0.6) is 0 Å². The predicted molar refractivity (Wildman–Crippen MR) is 120 cm³/mol. The van der Waals surface area contributed by atoms with Gasteiger partial charge >= 0.3 is 0 Å². The highest BCUT2D eigenvalue weighted by Gasteiger charge is 2.24. The van der Waals surface area contributed by atoms with E-state index in [0.29, 0.717) is 6.54 Å². The number of halogens is 1. The molecule has 0 spiro atoms. The molecule has 2 aliphatic heterocycles. The van der Waals surface area contributed by atoms with Gasteiger partial charge in [0, 0.05) is 54.1 Å². The third-order valence-corrected chi connectivity index (χ3v) is 6.95. The van der Waals surface area contributed by atoms with Gasteiger partial charge in [-0.05, 0) is 43.3 Å². The lowest BCUT2D eigenvalue weighted by atomic mass is 10.2. The zero-order chi connectivity index (χ0) is 20.2. The highest BCUT2D eigenvalue weighted by Crippen LogP contribution is 2.48. The number of fused-ring (bicyclic) bond motifs is 2. The van der Waals surface area contributed by atoms with Gasteiger partial charge in [-0.1, -0.05) is 35.5 Å². The number of aliphatic hydroxyl groups excluding tert-OH is 2. The number of rotatable bonds is 7. The average molecular weight is 434 g/mol. The molecule has 0 radical (unpaired) electrons. The van der Waals surface area contributed by atoms with Gasteiger partial charge in [0.15, 0.2) is 0 Å². The Kier molecular flexibility index (Phi) is 7.00. The summed E-state index contributed by atoms with van der Waals surface area (Å²) in [5, 5.41) is 19.4. The van der Waals surface area contributed by atoms with Crippen molar-refractivity contribution in [1.29, 1.82) is 0 Å². The Morgan fingerprint density at radius 1 is 0.931 bits per heavy atom. The van der Waals surface area contributed by atoms with Gasteiger partial charge in [-0.15, -0.1) is 0 Å². The molecule has 0 amide bonds. The second-order valence-electron chi connectivity index (χ2n) is 7.67. The summed E-state index contributed by atoms with van der Waals surface area (Å²) >= 11 is 8.11. The molecule has 7 heteroatoms. The predicted octanol–water partition coefficient (Wildman–Crippen LogP) is 3.30. The second-order valence-corrected chi connectivity index (χ2v) is 9.19. The molecule has 2 aromatic carbocycles. The lowest BCUT2D eigenvalue weighted by Crippen LogP contribution is -2.49. The maximum atomic E-state index is 9.62. The molecule has 4 rings (SSSR count). The van der Waals surface area contributed by atoms with Gasteiger partial charge < -0.3 is 20.0 Å². The van der Waals surface area contributed by atoms with Crippen LogP contribution in [0.4, 0.5) is 11.4 Å². The van der Waals surface area contributed by atoms with E-state index < -0.39 is 6.10 Å². The summed E-state index contributed by atoms with van der Waals surface area (Å²) in [6, 6.07) is 14.7. The molecule has 0 saturated carbocycles. The molecule has 1 unspecified atom stereocenters. The van der Waals surface area contributed by atoms with Crippen molar-refractivity contribution in [2.45, 2.75) is 22.3 Å². The van der Waals surface area contributed by atoms with Gasteiger partial charge in [0.1, 0.15) is 0 Å². The number of aliphatic hydroxyl groups is 2. The summed E-state index contributed by atoms with van der Waals surface area (Å²) in [5.41, 5.74) is 2.46. The van der Waals surface area contributed by atoms with Crippen LogP contribution in [-0.2, 0) is 0 Å². The smallest absolute Gasteiger partial charge is 0.0897 e. The summed E-state index contributed by atoms with van der Waals surface area (Å²) in [7, 11) is 0. The summed E-state index contributed by atoms with van der Waals surface area (Å²) in [4.78, 5) is 9.67. The molecule has 0 bridgehead atoms. The molecule has 2 aromatic rings. The molecule has 1 atom stereocenters. The monoisotopic (exact) mass is 433 g/mol. The van der Waals surface area contributed by atoms with Crippen LogP contribution in [0.3, 0.4) is 0 Å². The van der Waals surface area contributed by atoms with E-state index in [0.717, 1.165) is 50.7 Å². The van der Waals surface area contributed by atoms with E-state index in [-0.39, 0.29) is 6.61 Å². The van der Waals surface area contributed by atoms with E-state index in [2.05, 4.69) is 51.1 Å². The molecule has 1 saturated heterocycles. The number of benzene rings is 2. The van der Waals surface area contributed by atoms with E-state index >= 15 is 0 Å². The van der Waals surface area contributed by atoms with Gasteiger partial charge in [0.05, 0.1) is 24.1 Å². The molecular formula is C22H28ClN3O2S. The minimum Gasteiger partial charge on any atom is -0.394 e. The van der Waals surface area contributed by atoms with Crippen LogP contribution in [-0.4, -0.2) is 78.5 Å². The Bertz CT molecular complexity index is 829. The Hall–Kier alpha value is -1.28. The fraction of sp³-hybridized carbons (Fsp3) is 0.455. The van der Waals surface area contributed by atoms with Crippen molar-refractivity contribution in [3.05, 3.63) is 47.5 Å². The van der Waals surface area contributed by atoms with Crippen molar-refractivity contribution < 1.29 is 10.2 Å². The van der Waals surface area contributed by atoms with E-state index in [1.807, 2.05) is 17.8 Å². The Morgan fingerprint density at radius 3 is 2.45 bits per heavy atom. The molecule has 156 valence electrons. The number of hydrogen-bond donors (Lipinski definition) is 2. The maximum Gasteiger partial charge on any atom is 0.0897 e. The number of piperazine rings is 1. The number of hydrogen-bond acceptors (Lipinski definition) is 6. The first-order chi connectivity index (χ1) is 14.1. The quantitative estimate of drug-likeness (QED) is 0.698. The van der Waals surface area contributed by atoms with Crippen LogP contribution in [0.15, 0.2) is 52.3 Å². The standard InChI is InChI=1S/C22H28ClN3O2S/c23-17-6-7-22-20(14-17)26(19-4-1-2-5-21(19)29-22)9-3-8-24-10-12-25(13-11-24)15-18(28)16-27/h1-2,4-7,14,18,27-28H,3,8-13,15-16H2. The van der Waals surface area contributed by atoms with Gasteiger partial charge in [-0.25, -0.2) is 0 Å². The topological polar surface area (TPSA) is 50.2 Å². The third kappa shape index (κ3) is 5.08. The molecular weight excluding hydrogens is 406 g/mol. The molecule has 29 heavy (non-hydrogen) atoms. The first kappa shape index (κ1) is 21.0. The summed E-state index contributed by atoms with van der Waals surface area (Å²) < 4.78 is 0. The van der Waals surface area contributed by atoms with Crippen molar-refractivity contribution in [1.82, 2.24) is 9.80 Å². The van der Waals surface area contributed by atoms with Crippen LogP contribution in [0.2, 0.25) is 5.02 Å². The summed E-state index contributed by atoms with van der Waals surface area (Å²) in [5.74, 6) is 0. The number of para-hydroxylation sites is 1. The van der Waals surface area contributed by atoms with Crippen LogP contribution >= 0.6 is 23.4 Å². The molecule has 2 N–H and O–H groups in total. The van der Waals surface area contributed by atoms with Crippen molar-refractivity contribution in [3.63, 3.8) is 0 Å². The minimum absolute atomic E-state index is 0.165. The molecule has 2 heterocycles. The minimum atomic E-state index is -0.634. The van der Waals surface area contributed by atoms with Crippen molar-refractivity contribution in [2.24, 2.45) is 0 Å². The van der Waals surface area contributed by atoms with Crippen molar-refractivity contribution in [2.75, 3.05) is 57.3 Å². The van der Waals surface area contributed by atoms with Crippen molar-refractivity contribution >= 4 is 34.7 Å².